The van der Waals surface area contributed by atoms with Crippen molar-refractivity contribution in [3.8, 4) is 0 Å². The van der Waals surface area contributed by atoms with E-state index in [1.807, 2.05) is 13.8 Å². The van der Waals surface area contributed by atoms with E-state index in [1.54, 1.807) is 0 Å². The van der Waals surface area contributed by atoms with E-state index in [0.29, 0.717) is 5.13 Å². The summed E-state index contributed by atoms with van der Waals surface area (Å²) in [6.45, 7) is 3.66. The van der Waals surface area contributed by atoms with Gasteiger partial charge in [0, 0.05) is 4.88 Å². The lowest BCUT2D eigenvalue weighted by Crippen LogP contribution is -2.19. The Kier molecular flexibility index (Phi) is 3.56. The Morgan fingerprint density at radius 3 is 2.74 bits per heavy atom. The first-order valence-corrected chi connectivity index (χ1v) is 6.14. The first kappa shape index (κ1) is 13.1. The number of carboxylic acid groups (broad SMARTS) is 1. The molecule has 0 bridgehead atoms. The van der Waals surface area contributed by atoms with E-state index in [2.05, 4.69) is 20.6 Å². The van der Waals surface area contributed by atoms with Crippen molar-refractivity contribution in [2.24, 2.45) is 0 Å². The van der Waals surface area contributed by atoms with E-state index >= 15 is 0 Å². The molecule has 0 radical (unpaired) electrons. The molecular formula is C10H11N5O3S. The molecule has 0 atom stereocenters. The van der Waals surface area contributed by atoms with Gasteiger partial charge in [-0.1, -0.05) is 5.21 Å². The highest BCUT2D eigenvalue weighted by atomic mass is 32.1. The minimum atomic E-state index is -1.18. The van der Waals surface area contributed by atoms with Crippen LogP contribution in [0.25, 0.3) is 0 Å². The molecule has 0 aliphatic carbocycles. The lowest BCUT2D eigenvalue weighted by molar-refractivity contribution is -0.116. The molecule has 1 amide bonds. The molecule has 0 spiro atoms. The summed E-state index contributed by atoms with van der Waals surface area (Å²) in [5.41, 5.74) is 0.669. The van der Waals surface area contributed by atoms with Crippen LogP contribution in [-0.2, 0) is 11.3 Å². The molecule has 2 N–H and O–H groups in total. The van der Waals surface area contributed by atoms with E-state index in [4.69, 9.17) is 5.11 Å². The molecule has 0 saturated heterocycles. The predicted octanol–water partition coefficient (Wildman–Crippen LogP) is 0.688. The number of nitrogens with one attached hydrogen (secondary N) is 1. The van der Waals surface area contributed by atoms with Crippen LogP contribution in [0.5, 0.6) is 0 Å². The fourth-order valence-electron chi connectivity index (χ4n) is 1.31. The Morgan fingerprint density at radius 1 is 1.47 bits per heavy atom. The summed E-state index contributed by atoms with van der Waals surface area (Å²) in [6.07, 6.45) is 1.19. The van der Waals surface area contributed by atoms with Crippen LogP contribution in [0.3, 0.4) is 0 Å². The summed E-state index contributed by atoms with van der Waals surface area (Å²) in [4.78, 5) is 27.5. The van der Waals surface area contributed by atoms with Gasteiger partial charge < -0.3 is 10.4 Å². The minimum Gasteiger partial charge on any atom is -0.476 e. The fraction of sp³-hybridized carbons (Fsp3) is 0.300. The van der Waals surface area contributed by atoms with Crippen LogP contribution < -0.4 is 5.32 Å². The molecule has 19 heavy (non-hydrogen) atoms. The standard InChI is InChI=1S/C10H11N5O3S/c1-5-6(2)19-10(11-5)12-8(16)4-15-3-7(9(17)18)13-14-15/h3H,4H2,1-2H3,(H,17,18)(H,11,12,16). The number of rotatable bonds is 4. The second kappa shape index (κ2) is 5.14. The molecular weight excluding hydrogens is 270 g/mol. The molecule has 100 valence electrons. The number of aryl methyl sites for hydroxylation is 2. The predicted molar refractivity (Wildman–Crippen MR) is 67.2 cm³/mol. The molecule has 0 saturated carbocycles. The highest BCUT2D eigenvalue weighted by Gasteiger charge is 2.12. The highest BCUT2D eigenvalue weighted by molar-refractivity contribution is 7.15. The van der Waals surface area contributed by atoms with Crippen LogP contribution in [0.4, 0.5) is 5.13 Å². The zero-order valence-electron chi connectivity index (χ0n) is 10.2. The van der Waals surface area contributed by atoms with Crippen molar-refractivity contribution < 1.29 is 14.7 Å². The quantitative estimate of drug-likeness (QED) is 0.853. The average Bonchev–Trinajstić information content (AvgIpc) is 2.87. The van der Waals surface area contributed by atoms with E-state index in [0.717, 1.165) is 15.3 Å². The van der Waals surface area contributed by atoms with Crippen molar-refractivity contribution >= 4 is 28.3 Å². The molecule has 2 aromatic rings. The zero-order chi connectivity index (χ0) is 14.0. The van der Waals surface area contributed by atoms with Gasteiger partial charge >= 0.3 is 5.97 Å². The SMILES string of the molecule is Cc1nc(NC(=O)Cn2cc(C(=O)O)nn2)sc1C. The minimum absolute atomic E-state index is 0.113. The van der Waals surface area contributed by atoms with Crippen molar-refractivity contribution in [1.82, 2.24) is 20.0 Å². The van der Waals surface area contributed by atoms with E-state index in [1.165, 1.54) is 17.5 Å². The van der Waals surface area contributed by atoms with Gasteiger partial charge in [0.2, 0.25) is 5.91 Å². The van der Waals surface area contributed by atoms with Gasteiger partial charge in [-0.3, -0.25) is 4.79 Å². The molecule has 2 aromatic heterocycles. The number of thiazole rings is 1. The van der Waals surface area contributed by atoms with Gasteiger partial charge in [0.1, 0.15) is 6.54 Å². The molecule has 2 heterocycles. The van der Waals surface area contributed by atoms with Gasteiger partial charge in [0.15, 0.2) is 10.8 Å². The summed E-state index contributed by atoms with van der Waals surface area (Å²) >= 11 is 1.38. The Labute approximate surface area is 112 Å². The van der Waals surface area contributed by atoms with E-state index in [9.17, 15) is 9.59 Å². The lowest BCUT2D eigenvalue weighted by atomic mass is 10.4. The first-order valence-electron chi connectivity index (χ1n) is 5.33. The van der Waals surface area contributed by atoms with Gasteiger partial charge in [-0.2, -0.15) is 0 Å². The third-order valence-electron chi connectivity index (χ3n) is 2.34. The summed E-state index contributed by atoms with van der Waals surface area (Å²) in [5.74, 6) is -1.52. The Bertz CT molecular complexity index is 613. The number of amides is 1. The molecule has 0 aromatic carbocycles. The number of nitrogens with zero attached hydrogens (tertiary/aromatic N) is 4. The number of carbonyl (C=O) groups is 2. The number of hydrogen-bond acceptors (Lipinski definition) is 6. The monoisotopic (exact) mass is 281 g/mol. The maximum atomic E-state index is 11.7. The zero-order valence-corrected chi connectivity index (χ0v) is 11.1. The van der Waals surface area contributed by atoms with Crippen LogP contribution in [-0.4, -0.2) is 37.0 Å². The molecule has 0 unspecified atom stereocenters. The summed E-state index contributed by atoms with van der Waals surface area (Å²) < 4.78 is 1.16. The number of aromatic carboxylic acids is 1. The highest BCUT2D eigenvalue weighted by Crippen LogP contribution is 2.20. The Balaban J connectivity index is 1.99. The number of hydrogen-bond donors (Lipinski definition) is 2. The first-order chi connectivity index (χ1) is 8.95. The number of anilines is 1. The second-order valence-electron chi connectivity index (χ2n) is 3.82. The van der Waals surface area contributed by atoms with Gasteiger partial charge in [-0.05, 0) is 13.8 Å². The normalized spacial score (nSPS) is 10.4. The molecule has 8 nitrogen and oxygen atoms in total. The summed E-state index contributed by atoms with van der Waals surface area (Å²) in [6, 6.07) is 0. The number of carboxylic acids is 1. The van der Waals surface area contributed by atoms with Crippen LogP contribution in [0.1, 0.15) is 21.1 Å². The molecule has 9 heteroatoms. The van der Waals surface area contributed by atoms with Gasteiger partial charge in [-0.25, -0.2) is 14.5 Å². The van der Waals surface area contributed by atoms with Crippen molar-refractivity contribution in [1.29, 1.82) is 0 Å². The van der Waals surface area contributed by atoms with E-state index in [-0.39, 0.29) is 18.1 Å². The summed E-state index contributed by atoms with van der Waals surface area (Å²) in [7, 11) is 0. The van der Waals surface area contributed by atoms with Crippen molar-refractivity contribution in [2.45, 2.75) is 20.4 Å². The Hall–Kier alpha value is -2.29. The van der Waals surface area contributed by atoms with Crippen LogP contribution >= 0.6 is 11.3 Å². The van der Waals surface area contributed by atoms with Gasteiger partial charge in [0.25, 0.3) is 0 Å². The van der Waals surface area contributed by atoms with Gasteiger partial charge in [0.05, 0.1) is 11.9 Å². The molecule has 2 rings (SSSR count). The van der Waals surface area contributed by atoms with Gasteiger partial charge in [-0.15, -0.1) is 16.4 Å². The largest absolute Gasteiger partial charge is 0.476 e. The van der Waals surface area contributed by atoms with Crippen LogP contribution in [0.2, 0.25) is 0 Å². The van der Waals surface area contributed by atoms with Crippen molar-refractivity contribution in [3.63, 3.8) is 0 Å². The lowest BCUT2D eigenvalue weighted by Gasteiger charge is -2.00. The van der Waals surface area contributed by atoms with Crippen LogP contribution in [0.15, 0.2) is 6.20 Å². The fourth-order valence-corrected chi connectivity index (χ4v) is 2.14. The van der Waals surface area contributed by atoms with Crippen LogP contribution in [0, 0.1) is 13.8 Å². The average molecular weight is 281 g/mol. The van der Waals surface area contributed by atoms with Crippen molar-refractivity contribution in [3.05, 3.63) is 22.5 Å². The number of aromatic nitrogens is 4. The maximum Gasteiger partial charge on any atom is 0.358 e. The molecule has 0 aliphatic rings. The Morgan fingerprint density at radius 2 is 2.21 bits per heavy atom. The number of carbonyl (C=O) groups excluding carboxylic acids is 1. The molecule has 0 fully saturated rings. The smallest absolute Gasteiger partial charge is 0.358 e. The summed E-state index contributed by atoms with van der Waals surface area (Å²) in [5, 5.41) is 18.8. The topological polar surface area (TPSA) is 110 Å². The van der Waals surface area contributed by atoms with E-state index < -0.39 is 5.97 Å². The molecule has 0 aliphatic heterocycles. The third-order valence-corrected chi connectivity index (χ3v) is 3.33. The van der Waals surface area contributed by atoms with Crippen molar-refractivity contribution in [2.75, 3.05) is 5.32 Å². The third kappa shape index (κ3) is 3.13. The maximum absolute atomic E-state index is 11.7. The second-order valence-corrected chi connectivity index (χ2v) is 5.02.